The van der Waals surface area contributed by atoms with Crippen LogP contribution >= 0.6 is 15.9 Å². The van der Waals surface area contributed by atoms with Crippen molar-refractivity contribution in [2.45, 2.75) is 38.6 Å². The second-order valence-electron chi connectivity index (χ2n) is 5.82. The highest BCUT2D eigenvalue weighted by atomic mass is 79.9. The normalized spacial score (nSPS) is 24.6. The van der Waals surface area contributed by atoms with E-state index >= 15 is 0 Å². The number of nitrogens with zero attached hydrogens (tertiary/aromatic N) is 1. The summed E-state index contributed by atoms with van der Waals surface area (Å²) in [6.45, 7) is 5.83. The minimum Gasteiger partial charge on any atom is -0.319 e. The van der Waals surface area contributed by atoms with Crippen molar-refractivity contribution in [2.75, 3.05) is 26.7 Å². The first-order valence-electron chi connectivity index (χ1n) is 7.91. The van der Waals surface area contributed by atoms with E-state index in [9.17, 15) is 0 Å². The number of rotatable bonds is 5. The minimum absolute atomic E-state index is 0.542. The Morgan fingerprint density at radius 1 is 1.30 bits per heavy atom. The van der Waals surface area contributed by atoms with Crippen LogP contribution in [0.3, 0.4) is 0 Å². The molecule has 112 valence electrons. The van der Waals surface area contributed by atoms with Crippen molar-refractivity contribution in [3.63, 3.8) is 0 Å². The predicted molar refractivity (Wildman–Crippen MR) is 90.0 cm³/mol. The van der Waals surface area contributed by atoms with Crippen molar-refractivity contribution in [1.29, 1.82) is 0 Å². The molecule has 2 unspecified atom stereocenters. The Morgan fingerprint density at radius 2 is 2.10 bits per heavy atom. The van der Waals surface area contributed by atoms with Crippen LogP contribution in [0.5, 0.6) is 0 Å². The standard InChI is InChI=1S/C17H27BrN2/c1-3-11-20-12-7-6-8-14(13-19-2)17(20)15-9-4-5-10-16(15)18/h4-5,9-10,14,17,19H,3,6-8,11-13H2,1-2H3. The van der Waals surface area contributed by atoms with Gasteiger partial charge in [-0.3, -0.25) is 4.90 Å². The Hall–Kier alpha value is -0.380. The van der Waals surface area contributed by atoms with Crippen molar-refractivity contribution in [3.05, 3.63) is 34.3 Å². The van der Waals surface area contributed by atoms with Crippen LogP contribution in [0, 0.1) is 5.92 Å². The Balaban J connectivity index is 2.33. The van der Waals surface area contributed by atoms with Gasteiger partial charge < -0.3 is 5.32 Å². The van der Waals surface area contributed by atoms with Crippen molar-refractivity contribution in [2.24, 2.45) is 5.92 Å². The fraction of sp³-hybridized carbons (Fsp3) is 0.647. The van der Waals surface area contributed by atoms with E-state index < -0.39 is 0 Å². The molecule has 1 aliphatic rings. The molecule has 2 nitrogen and oxygen atoms in total. The van der Waals surface area contributed by atoms with Gasteiger partial charge in [-0.2, -0.15) is 0 Å². The number of nitrogens with one attached hydrogen (secondary N) is 1. The lowest BCUT2D eigenvalue weighted by Gasteiger charge is -2.36. The first-order chi connectivity index (χ1) is 9.77. The van der Waals surface area contributed by atoms with Gasteiger partial charge in [0, 0.05) is 10.5 Å². The number of halogens is 1. The molecule has 1 aromatic rings. The lowest BCUT2D eigenvalue weighted by atomic mass is 9.89. The fourth-order valence-corrected chi connectivity index (χ4v) is 4.02. The third kappa shape index (κ3) is 3.84. The highest BCUT2D eigenvalue weighted by Gasteiger charge is 2.31. The third-order valence-electron chi connectivity index (χ3n) is 4.31. The van der Waals surface area contributed by atoms with Gasteiger partial charge in [0.15, 0.2) is 0 Å². The van der Waals surface area contributed by atoms with Gasteiger partial charge in [0.1, 0.15) is 0 Å². The van der Waals surface area contributed by atoms with E-state index in [1.807, 2.05) is 0 Å². The zero-order valence-electron chi connectivity index (χ0n) is 12.7. The summed E-state index contributed by atoms with van der Waals surface area (Å²) in [5.74, 6) is 0.702. The molecule has 2 rings (SSSR count). The Morgan fingerprint density at radius 3 is 2.80 bits per heavy atom. The molecule has 0 aromatic heterocycles. The van der Waals surface area contributed by atoms with E-state index in [2.05, 4.69) is 64.4 Å². The Bertz CT molecular complexity index is 392. The molecule has 20 heavy (non-hydrogen) atoms. The number of hydrogen-bond acceptors (Lipinski definition) is 2. The number of benzene rings is 1. The lowest BCUT2D eigenvalue weighted by Crippen LogP contribution is -2.37. The van der Waals surface area contributed by atoms with Crippen molar-refractivity contribution in [3.8, 4) is 0 Å². The van der Waals surface area contributed by atoms with Crippen LogP contribution in [0.1, 0.15) is 44.2 Å². The summed E-state index contributed by atoms with van der Waals surface area (Å²) >= 11 is 3.77. The molecule has 0 spiro atoms. The van der Waals surface area contributed by atoms with Gasteiger partial charge >= 0.3 is 0 Å². The van der Waals surface area contributed by atoms with Gasteiger partial charge in [0.05, 0.1) is 0 Å². The molecular formula is C17H27BrN2. The summed E-state index contributed by atoms with van der Waals surface area (Å²) in [5, 5.41) is 3.41. The number of likely N-dealkylation sites (tertiary alicyclic amines) is 1. The van der Waals surface area contributed by atoms with Crippen LogP contribution < -0.4 is 5.32 Å². The largest absolute Gasteiger partial charge is 0.319 e. The Kier molecular flexibility index (Phi) is 6.53. The SMILES string of the molecule is CCCN1CCCCC(CNC)C1c1ccccc1Br. The summed E-state index contributed by atoms with van der Waals surface area (Å²) in [5.41, 5.74) is 1.46. The van der Waals surface area contributed by atoms with Gasteiger partial charge in [0.2, 0.25) is 0 Å². The van der Waals surface area contributed by atoms with E-state index in [0.29, 0.717) is 12.0 Å². The van der Waals surface area contributed by atoms with Crippen LogP contribution in [0.25, 0.3) is 0 Å². The average molecular weight is 339 g/mol. The molecule has 1 fully saturated rings. The van der Waals surface area contributed by atoms with E-state index in [0.717, 1.165) is 6.54 Å². The zero-order chi connectivity index (χ0) is 14.4. The third-order valence-corrected chi connectivity index (χ3v) is 5.03. The molecule has 0 aliphatic carbocycles. The lowest BCUT2D eigenvalue weighted by molar-refractivity contribution is 0.154. The molecule has 1 aromatic carbocycles. The summed E-state index contributed by atoms with van der Waals surface area (Å²) in [6, 6.07) is 9.31. The fourth-order valence-electron chi connectivity index (χ4n) is 3.50. The van der Waals surface area contributed by atoms with Crippen molar-refractivity contribution in [1.82, 2.24) is 10.2 Å². The van der Waals surface area contributed by atoms with Crippen LogP contribution in [0.2, 0.25) is 0 Å². The molecule has 0 radical (unpaired) electrons. The summed E-state index contributed by atoms with van der Waals surface area (Å²) < 4.78 is 1.26. The van der Waals surface area contributed by atoms with E-state index in [1.165, 1.54) is 48.8 Å². The smallest absolute Gasteiger partial charge is 0.0399 e. The first kappa shape index (κ1) is 16.0. The van der Waals surface area contributed by atoms with Crippen LogP contribution in [0.15, 0.2) is 28.7 Å². The van der Waals surface area contributed by atoms with Crippen LogP contribution in [0.4, 0.5) is 0 Å². The molecule has 0 bridgehead atoms. The summed E-state index contributed by atoms with van der Waals surface area (Å²) in [6.07, 6.45) is 5.25. The second kappa shape index (κ2) is 8.16. The maximum absolute atomic E-state index is 3.77. The molecular weight excluding hydrogens is 312 g/mol. The predicted octanol–water partition coefficient (Wildman–Crippen LogP) is 4.22. The molecule has 2 atom stereocenters. The molecule has 0 saturated carbocycles. The molecule has 1 N–H and O–H groups in total. The highest BCUT2D eigenvalue weighted by Crippen LogP contribution is 2.38. The van der Waals surface area contributed by atoms with E-state index in [1.54, 1.807) is 0 Å². The molecule has 0 amide bonds. The number of hydrogen-bond donors (Lipinski definition) is 1. The summed E-state index contributed by atoms with van der Waals surface area (Å²) in [7, 11) is 2.08. The van der Waals surface area contributed by atoms with Gasteiger partial charge in [-0.1, -0.05) is 47.5 Å². The van der Waals surface area contributed by atoms with E-state index in [4.69, 9.17) is 0 Å². The van der Waals surface area contributed by atoms with Gasteiger partial charge in [-0.15, -0.1) is 0 Å². The van der Waals surface area contributed by atoms with Crippen molar-refractivity contribution < 1.29 is 0 Å². The summed E-state index contributed by atoms with van der Waals surface area (Å²) in [4.78, 5) is 2.70. The van der Waals surface area contributed by atoms with E-state index in [-0.39, 0.29) is 0 Å². The molecule has 1 saturated heterocycles. The van der Waals surface area contributed by atoms with Crippen molar-refractivity contribution >= 4 is 15.9 Å². The highest BCUT2D eigenvalue weighted by molar-refractivity contribution is 9.10. The van der Waals surface area contributed by atoms with Gasteiger partial charge in [0.25, 0.3) is 0 Å². The average Bonchev–Trinajstić information content (AvgIpc) is 2.63. The molecule has 3 heteroatoms. The monoisotopic (exact) mass is 338 g/mol. The van der Waals surface area contributed by atoms with Gasteiger partial charge in [-0.25, -0.2) is 0 Å². The molecule has 1 aliphatic heterocycles. The minimum atomic E-state index is 0.542. The maximum atomic E-state index is 3.77. The molecule has 1 heterocycles. The van der Waals surface area contributed by atoms with Crippen LogP contribution in [-0.4, -0.2) is 31.6 Å². The maximum Gasteiger partial charge on any atom is 0.0399 e. The quantitative estimate of drug-likeness (QED) is 0.864. The second-order valence-corrected chi connectivity index (χ2v) is 6.67. The Labute approximate surface area is 132 Å². The first-order valence-corrected chi connectivity index (χ1v) is 8.70. The topological polar surface area (TPSA) is 15.3 Å². The van der Waals surface area contributed by atoms with Crippen LogP contribution in [-0.2, 0) is 0 Å². The zero-order valence-corrected chi connectivity index (χ0v) is 14.3. The van der Waals surface area contributed by atoms with Gasteiger partial charge in [-0.05, 0) is 63.5 Å².